The standard InChI is InChI=1S/C18H23N5O3/c19-12-15-2-1-3-16(20-15)22-8-10-23(11-9-22)18(26)21-14-6-4-13(5-7-14)17(24)25/h1-3,13-14H,4-11H2,(H,21,26)(H,24,25). The number of hydrogen-bond acceptors (Lipinski definition) is 5. The van der Waals surface area contributed by atoms with E-state index in [1.54, 1.807) is 11.0 Å². The summed E-state index contributed by atoms with van der Waals surface area (Å²) in [5.41, 5.74) is 0.389. The predicted molar refractivity (Wildman–Crippen MR) is 94.7 cm³/mol. The zero-order chi connectivity index (χ0) is 18.5. The van der Waals surface area contributed by atoms with E-state index in [1.165, 1.54) is 0 Å². The summed E-state index contributed by atoms with van der Waals surface area (Å²) in [6.07, 6.45) is 2.67. The molecule has 138 valence electrons. The molecule has 0 unspecified atom stereocenters. The molecule has 26 heavy (non-hydrogen) atoms. The van der Waals surface area contributed by atoms with Crippen LogP contribution in [0, 0.1) is 17.2 Å². The van der Waals surface area contributed by atoms with Gasteiger partial charge in [-0.3, -0.25) is 4.79 Å². The first-order valence-electron chi connectivity index (χ1n) is 8.97. The van der Waals surface area contributed by atoms with Gasteiger partial charge in [-0.1, -0.05) is 6.07 Å². The van der Waals surface area contributed by atoms with Gasteiger partial charge in [-0.15, -0.1) is 0 Å². The zero-order valence-electron chi connectivity index (χ0n) is 14.6. The van der Waals surface area contributed by atoms with Crippen LogP contribution in [0.5, 0.6) is 0 Å². The smallest absolute Gasteiger partial charge is 0.317 e. The molecule has 3 rings (SSSR count). The van der Waals surface area contributed by atoms with Crippen molar-refractivity contribution in [2.24, 2.45) is 5.92 Å². The lowest BCUT2D eigenvalue weighted by Crippen LogP contribution is -2.54. The van der Waals surface area contributed by atoms with Crippen molar-refractivity contribution in [1.82, 2.24) is 15.2 Å². The Morgan fingerprint density at radius 1 is 1.15 bits per heavy atom. The van der Waals surface area contributed by atoms with E-state index >= 15 is 0 Å². The average molecular weight is 357 g/mol. The Morgan fingerprint density at radius 2 is 1.85 bits per heavy atom. The second-order valence-corrected chi connectivity index (χ2v) is 6.80. The minimum Gasteiger partial charge on any atom is -0.481 e. The maximum Gasteiger partial charge on any atom is 0.317 e. The van der Waals surface area contributed by atoms with E-state index in [1.807, 2.05) is 18.2 Å². The molecule has 8 heteroatoms. The molecule has 0 atom stereocenters. The first kappa shape index (κ1) is 18.0. The SMILES string of the molecule is N#Cc1cccc(N2CCN(C(=O)NC3CCC(C(=O)O)CC3)CC2)n1. The Morgan fingerprint density at radius 3 is 2.46 bits per heavy atom. The molecule has 2 amide bonds. The van der Waals surface area contributed by atoms with Crippen LogP contribution in [0.25, 0.3) is 0 Å². The van der Waals surface area contributed by atoms with Crippen molar-refractivity contribution in [1.29, 1.82) is 5.26 Å². The second kappa shape index (κ2) is 8.04. The number of carboxylic acid groups (broad SMARTS) is 1. The largest absolute Gasteiger partial charge is 0.481 e. The van der Waals surface area contributed by atoms with Gasteiger partial charge in [-0.05, 0) is 37.8 Å². The third-order valence-corrected chi connectivity index (χ3v) is 5.14. The first-order chi connectivity index (χ1) is 12.6. The first-order valence-corrected chi connectivity index (χ1v) is 8.97. The van der Waals surface area contributed by atoms with E-state index in [4.69, 9.17) is 10.4 Å². The fourth-order valence-electron chi connectivity index (χ4n) is 3.55. The Bertz CT molecular complexity index is 701. The van der Waals surface area contributed by atoms with Crippen molar-refractivity contribution < 1.29 is 14.7 Å². The number of nitriles is 1. The number of nitrogens with one attached hydrogen (secondary N) is 1. The van der Waals surface area contributed by atoms with Gasteiger partial charge in [0, 0.05) is 32.2 Å². The average Bonchev–Trinajstić information content (AvgIpc) is 2.68. The summed E-state index contributed by atoms with van der Waals surface area (Å²) in [4.78, 5) is 31.6. The highest BCUT2D eigenvalue weighted by atomic mass is 16.4. The summed E-state index contributed by atoms with van der Waals surface area (Å²) in [5.74, 6) is -0.251. The molecule has 8 nitrogen and oxygen atoms in total. The number of piperazine rings is 1. The van der Waals surface area contributed by atoms with Gasteiger partial charge in [0.2, 0.25) is 0 Å². The third-order valence-electron chi connectivity index (χ3n) is 5.14. The van der Waals surface area contributed by atoms with Gasteiger partial charge in [0.25, 0.3) is 0 Å². The Kier molecular flexibility index (Phi) is 5.56. The van der Waals surface area contributed by atoms with Crippen LogP contribution < -0.4 is 10.2 Å². The normalized spacial score (nSPS) is 23.2. The molecule has 0 bridgehead atoms. The molecule has 0 radical (unpaired) electrons. The summed E-state index contributed by atoms with van der Waals surface area (Å²) < 4.78 is 0. The third kappa shape index (κ3) is 4.23. The van der Waals surface area contributed by atoms with Crippen molar-refractivity contribution >= 4 is 17.8 Å². The van der Waals surface area contributed by atoms with Gasteiger partial charge >= 0.3 is 12.0 Å². The van der Waals surface area contributed by atoms with E-state index in [2.05, 4.69) is 15.2 Å². The number of carbonyl (C=O) groups is 2. The zero-order valence-corrected chi connectivity index (χ0v) is 14.6. The van der Waals surface area contributed by atoms with Gasteiger partial charge < -0.3 is 20.2 Å². The number of anilines is 1. The van der Waals surface area contributed by atoms with E-state index in [0.717, 1.165) is 5.82 Å². The van der Waals surface area contributed by atoms with Crippen LogP contribution in [-0.2, 0) is 4.79 Å². The molecule has 1 aromatic rings. The van der Waals surface area contributed by atoms with E-state index in [9.17, 15) is 9.59 Å². The van der Waals surface area contributed by atoms with Crippen molar-refractivity contribution in [2.75, 3.05) is 31.1 Å². The molecule has 1 aliphatic carbocycles. The molecule has 2 N–H and O–H groups in total. The molecule has 1 aliphatic heterocycles. The quantitative estimate of drug-likeness (QED) is 0.847. The van der Waals surface area contributed by atoms with Gasteiger partial charge in [0.05, 0.1) is 5.92 Å². The number of hydrogen-bond donors (Lipinski definition) is 2. The summed E-state index contributed by atoms with van der Waals surface area (Å²) >= 11 is 0. The van der Waals surface area contributed by atoms with E-state index in [0.29, 0.717) is 57.6 Å². The highest BCUT2D eigenvalue weighted by Crippen LogP contribution is 2.24. The number of amides is 2. The highest BCUT2D eigenvalue weighted by Gasteiger charge is 2.29. The van der Waals surface area contributed by atoms with Gasteiger partial charge in [-0.25, -0.2) is 9.78 Å². The Hall–Kier alpha value is -2.82. The topological polar surface area (TPSA) is 110 Å². The minimum absolute atomic E-state index is 0.0603. The lowest BCUT2D eigenvalue weighted by molar-refractivity contribution is -0.142. The maximum absolute atomic E-state index is 12.4. The number of aliphatic carboxylic acids is 1. The van der Waals surface area contributed by atoms with Crippen LogP contribution in [0.3, 0.4) is 0 Å². The Labute approximate surface area is 152 Å². The monoisotopic (exact) mass is 357 g/mol. The molecule has 1 saturated carbocycles. The molecule has 2 fully saturated rings. The Balaban J connectivity index is 1.46. The number of pyridine rings is 1. The summed E-state index contributed by atoms with van der Waals surface area (Å²) in [5, 5.41) is 21.0. The van der Waals surface area contributed by atoms with Crippen LogP contribution in [0.1, 0.15) is 31.4 Å². The molecule has 1 aromatic heterocycles. The van der Waals surface area contributed by atoms with Crippen molar-refractivity contribution in [3.8, 4) is 6.07 Å². The molecule has 2 aliphatic rings. The summed E-state index contributed by atoms with van der Waals surface area (Å²) in [7, 11) is 0. The number of urea groups is 1. The molecule has 2 heterocycles. The van der Waals surface area contributed by atoms with Crippen LogP contribution in [0.2, 0.25) is 0 Å². The lowest BCUT2D eigenvalue weighted by Gasteiger charge is -2.36. The summed E-state index contributed by atoms with van der Waals surface area (Å²) in [6, 6.07) is 7.38. The number of rotatable bonds is 3. The fraction of sp³-hybridized carbons (Fsp3) is 0.556. The number of aromatic nitrogens is 1. The molecule has 0 spiro atoms. The minimum atomic E-state index is -0.736. The number of carboxylic acids is 1. The van der Waals surface area contributed by atoms with Crippen molar-refractivity contribution in [2.45, 2.75) is 31.7 Å². The van der Waals surface area contributed by atoms with Gasteiger partial charge in [0.15, 0.2) is 0 Å². The fourth-order valence-corrected chi connectivity index (χ4v) is 3.55. The predicted octanol–water partition coefficient (Wildman–Crippen LogP) is 1.43. The van der Waals surface area contributed by atoms with Crippen LogP contribution >= 0.6 is 0 Å². The highest BCUT2D eigenvalue weighted by molar-refractivity contribution is 5.75. The van der Waals surface area contributed by atoms with E-state index < -0.39 is 5.97 Å². The molecular weight excluding hydrogens is 334 g/mol. The number of carbonyl (C=O) groups excluding carboxylic acids is 1. The maximum atomic E-state index is 12.4. The van der Waals surface area contributed by atoms with Gasteiger partial charge in [-0.2, -0.15) is 5.26 Å². The van der Waals surface area contributed by atoms with Crippen LogP contribution in [0.4, 0.5) is 10.6 Å². The van der Waals surface area contributed by atoms with E-state index in [-0.39, 0.29) is 18.0 Å². The lowest BCUT2D eigenvalue weighted by atomic mass is 9.86. The summed E-state index contributed by atoms with van der Waals surface area (Å²) in [6.45, 7) is 2.52. The van der Waals surface area contributed by atoms with Crippen LogP contribution in [0.15, 0.2) is 18.2 Å². The van der Waals surface area contributed by atoms with Crippen LogP contribution in [-0.4, -0.2) is 59.2 Å². The molecule has 1 saturated heterocycles. The molecule has 0 aromatic carbocycles. The molecular formula is C18H23N5O3. The van der Waals surface area contributed by atoms with Crippen molar-refractivity contribution in [3.63, 3.8) is 0 Å². The number of nitrogens with zero attached hydrogens (tertiary/aromatic N) is 4. The second-order valence-electron chi connectivity index (χ2n) is 6.80. The van der Waals surface area contributed by atoms with Crippen molar-refractivity contribution in [3.05, 3.63) is 23.9 Å². The van der Waals surface area contributed by atoms with Gasteiger partial charge in [0.1, 0.15) is 17.6 Å².